The predicted molar refractivity (Wildman–Crippen MR) is 147 cm³/mol. The normalized spacial score (nSPS) is 12.7. The first-order chi connectivity index (χ1) is 18.6. The molecule has 0 radical (unpaired) electrons. The Morgan fingerprint density at radius 3 is 2.61 bits per heavy atom. The standard InChI is InChI=1S/C30H28N6O2/c1-2-23-14-25(27(38)15-26(23)37)29-30(36(35-34-29)19-22-10-8-20(16-31)9-11-22)24-12-13-28(33-18-24)32-17-21-6-4-3-5-7-21/h3-4,6,8-15,18,37-38H,2,5,7,17,19H2,1H3,(H,32,33). The highest BCUT2D eigenvalue weighted by Crippen LogP contribution is 2.39. The van der Waals surface area contributed by atoms with Gasteiger partial charge in [-0.3, -0.25) is 0 Å². The van der Waals surface area contributed by atoms with Crippen LogP contribution in [-0.2, 0) is 13.0 Å². The lowest BCUT2D eigenvalue weighted by Crippen LogP contribution is -2.07. The molecule has 5 rings (SSSR count). The molecule has 1 aliphatic carbocycles. The zero-order chi connectivity index (χ0) is 26.5. The number of phenols is 2. The van der Waals surface area contributed by atoms with Gasteiger partial charge in [-0.15, -0.1) is 5.10 Å². The van der Waals surface area contributed by atoms with Crippen LogP contribution in [0.25, 0.3) is 22.5 Å². The molecule has 8 heteroatoms. The number of hydrogen-bond donors (Lipinski definition) is 3. The number of aromatic nitrogens is 4. The van der Waals surface area contributed by atoms with E-state index in [4.69, 9.17) is 5.26 Å². The van der Waals surface area contributed by atoms with Crippen LogP contribution in [0.5, 0.6) is 11.5 Å². The molecule has 0 spiro atoms. The topological polar surface area (TPSA) is 120 Å². The Morgan fingerprint density at radius 1 is 1.08 bits per heavy atom. The summed E-state index contributed by atoms with van der Waals surface area (Å²) in [6.45, 7) is 3.09. The number of allylic oxidation sites excluding steroid dienone is 3. The van der Waals surface area contributed by atoms with E-state index in [1.165, 1.54) is 11.6 Å². The van der Waals surface area contributed by atoms with E-state index in [2.05, 4.69) is 44.9 Å². The van der Waals surface area contributed by atoms with Crippen LogP contribution in [0.3, 0.4) is 0 Å². The Bertz CT molecular complexity index is 1540. The molecule has 2 heterocycles. The van der Waals surface area contributed by atoms with Crippen molar-refractivity contribution in [3.8, 4) is 40.1 Å². The van der Waals surface area contributed by atoms with Crippen LogP contribution in [0.15, 0.2) is 78.5 Å². The van der Waals surface area contributed by atoms with Gasteiger partial charge in [0, 0.05) is 29.9 Å². The number of nitrogens with zero attached hydrogens (tertiary/aromatic N) is 5. The fourth-order valence-electron chi connectivity index (χ4n) is 4.49. The van der Waals surface area contributed by atoms with Crippen LogP contribution in [0.2, 0.25) is 0 Å². The minimum atomic E-state index is -0.0765. The van der Waals surface area contributed by atoms with Crippen molar-refractivity contribution in [2.24, 2.45) is 0 Å². The van der Waals surface area contributed by atoms with Gasteiger partial charge >= 0.3 is 0 Å². The summed E-state index contributed by atoms with van der Waals surface area (Å²) in [7, 11) is 0. The molecule has 1 aliphatic rings. The largest absolute Gasteiger partial charge is 0.508 e. The van der Waals surface area contributed by atoms with E-state index < -0.39 is 0 Å². The number of aryl methyl sites for hydroxylation is 1. The Labute approximate surface area is 221 Å². The summed E-state index contributed by atoms with van der Waals surface area (Å²) in [6.07, 6.45) is 10.9. The smallest absolute Gasteiger partial charge is 0.128 e. The maximum absolute atomic E-state index is 10.7. The van der Waals surface area contributed by atoms with Crippen LogP contribution < -0.4 is 5.32 Å². The van der Waals surface area contributed by atoms with Crippen LogP contribution in [0.1, 0.15) is 36.5 Å². The van der Waals surface area contributed by atoms with Crippen LogP contribution in [-0.4, -0.2) is 36.7 Å². The summed E-state index contributed by atoms with van der Waals surface area (Å²) in [6, 6.07) is 16.4. The number of benzene rings is 2. The molecule has 0 unspecified atom stereocenters. The van der Waals surface area contributed by atoms with Gasteiger partial charge in [0.25, 0.3) is 0 Å². The van der Waals surface area contributed by atoms with Gasteiger partial charge < -0.3 is 15.5 Å². The van der Waals surface area contributed by atoms with Gasteiger partial charge in [0.05, 0.1) is 23.9 Å². The molecule has 38 heavy (non-hydrogen) atoms. The molecule has 2 aromatic carbocycles. The van der Waals surface area contributed by atoms with E-state index in [9.17, 15) is 10.2 Å². The number of phenolic OH excluding ortho intramolecular Hbond substituents is 2. The Balaban J connectivity index is 1.52. The maximum atomic E-state index is 10.7. The van der Waals surface area contributed by atoms with Gasteiger partial charge in [-0.2, -0.15) is 5.26 Å². The summed E-state index contributed by atoms with van der Waals surface area (Å²) in [5, 5.41) is 42.3. The Kier molecular flexibility index (Phi) is 7.18. The number of nitrogens with one attached hydrogen (secondary N) is 1. The number of hydrogen-bond acceptors (Lipinski definition) is 7. The Hall–Kier alpha value is -4.90. The maximum Gasteiger partial charge on any atom is 0.128 e. The number of anilines is 1. The highest BCUT2D eigenvalue weighted by atomic mass is 16.3. The van der Waals surface area contributed by atoms with E-state index in [1.54, 1.807) is 29.1 Å². The number of rotatable bonds is 8. The summed E-state index contributed by atoms with van der Waals surface area (Å²) in [4.78, 5) is 4.63. The van der Waals surface area contributed by atoms with Crippen molar-refractivity contribution in [1.29, 1.82) is 5.26 Å². The second kappa shape index (κ2) is 11.0. The first kappa shape index (κ1) is 24.8. The first-order valence-electron chi connectivity index (χ1n) is 12.6. The zero-order valence-electron chi connectivity index (χ0n) is 21.1. The molecule has 2 aromatic heterocycles. The summed E-state index contributed by atoms with van der Waals surface area (Å²) >= 11 is 0. The van der Waals surface area contributed by atoms with Gasteiger partial charge in [0.1, 0.15) is 23.0 Å². The van der Waals surface area contributed by atoms with Crippen LogP contribution >= 0.6 is 0 Å². The highest BCUT2D eigenvalue weighted by molar-refractivity contribution is 5.82. The van der Waals surface area contributed by atoms with Gasteiger partial charge in [0.2, 0.25) is 0 Å². The van der Waals surface area contributed by atoms with Gasteiger partial charge in [0.15, 0.2) is 0 Å². The van der Waals surface area contributed by atoms with E-state index in [0.717, 1.165) is 36.3 Å². The minimum Gasteiger partial charge on any atom is -0.508 e. The third kappa shape index (κ3) is 5.27. The lowest BCUT2D eigenvalue weighted by Gasteiger charge is -2.13. The molecule has 0 aliphatic heterocycles. The van der Waals surface area contributed by atoms with Gasteiger partial charge in [-0.1, -0.05) is 48.1 Å². The van der Waals surface area contributed by atoms with E-state index >= 15 is 0 Å². The predicted octanol–water partition coefficient (Wildman–Crippen LogP) is 5.59. The molecule has 0 saturated heterocycles. The van der Waals surface area contributed by atoms with Crippen molar-refractivity contribution in [1.82, 2.24) is 20.0 Å². The van der Waals surface area contributed by atoms with Crippen LogP contribution in [0.4, 0.5) is 5.82 Å². The molecule has 8 nitrogen and oxygen atoms in total. The molecule has 0 bridgehead atoms. The quantitative estimate of drug-likeness (QED) is 0.286. The molecule has 0 fully saturated rings. The SMILES string of the molecule is CCc1cc(-c2nnn(Cc3ccc(C#N)cc3)c2-c2ccc(NCC3=CC=CCC3)nc2)c(O)cc1O. The zero-order valence-corrected chi connectivity index (χ0v) is 21.1. The second-order valence-electron chi connectivity index (χ2n) is 9.18. The monoisotopic (exact) mass is 504 g/mol. The van der Waals surface area contributed by atoms with Crippen molar-refractivity contribution in [3.05, 3.63) is 95.2 Å². The Morgan fingerprint density at radius 2 is 1.92 bits per heavy atom. The number of nitriles is 1. The minimum absolute atomic E-state index is 0.0425. The fourth-order valence-corrected chi connectivity index (χ4v) is 4.49. The summed E-state index contributed by atoms with van der Waals surface area (Å²) in [5.41, 5.74) is 6.03. The molecule has 0 amide bonds. The van der Waals surface area contributed by atoms with E-state index in [0.29, 0.717) is 41.0 Å². The molecule has 0 atom stereocenters. The summed E-state index contributed by atoms with van der Waals surface area (Å²) < 4.78 is 1.76. The number of aromatic hydroxyl groups is 2. The lowest BCUT2D eigenvalue weighted by molar-refractivity contribution is 0.447. The molecular formula is C30H28N6O2. The molecule has 4 aromatic rings. The molecule has 190 valence electrons. The van der Waals surface area contributed by atoms with Crippen LogP contribution in [0, 0.1) is 11.3 Å². The van der Waals surface area contributed by atoms with Gasteiger partial charge in [-0.05, 0) is 60.7 Å². The van der Waals surface area contributed by atoms with Crippen molar-refractivity contribution >= 4 is 5.82 Å². The highest BCUT2D eigenvalue weighted by Gasteiger charge is 2.21. The average molecular weight is 505 g/mol. The van der Waals surface area contributed by atoms with Crippen molar-refractivity contribution in [3.63, 3.8) is 0 Å². The van der Waals surface area contributed by atoms with Crippen molar-refractivity contribution in [2.75, 3.05) is 11.9 Å². The van der Waals surface area contributed by atoms with Crippen molar-refractivity contribution in [2.45, 2.75) is 32.7 Å². The average Bonchev–Trinajstić information content (AvgIpc) is 3.36. The van der Waals surface area contributed by atoms with Gasteiger partial charge in [-0.25, -0.2) is 9.67 Å². The summed E-state index contributed by atoms with van der Waals surface area (Å²) in [5.74, 6) is 0.728. The number of pyridine rings is 1. The third-order valence-electron chi connectivity index (χ3n) is 6.62. The second-order valence-corrected chi connectivity index (χ2v) is 9.18. The molecular weight excluding hydrogens is 476 g/mol. The third-order valence-corrected chi connectivity index (χ3v) is 6.62. The van der Waals surface area contributed by atoms with E-state index in [1.807, 2.05) is 31.2 Å². The molecule has 0 saturated carbocycles. The lowest BCUT2D eigenvalue weighted by atomic mass is 10.0. The molecule has 3 N–H and O–H groups in total. The van der Waals surface area contributed by atoms with E-state index in [-0.39, 0.29) is 11.5 Å². The fraction of sp³-hybridized carbons (Fsp3) is 0.200. The first-order valence-corrected chi connectivity index (χ1v) is 12.6. The van der Waals surface area contributed by atoms with Crippen molar-refractivity contribution < 1.29 is 10.2 Å².